The zero-order valence-electron chi connectivity index (χ0n) is 9.61. The Hall–Kier alpha value is -0.530. The molecule has 0 spiro atoms. The molecule has 5 heteroatoms. The van der Waals surface area contributed by atoms with E-state index in [9.17, 15) is 0 Å². The minimum absolute atomic E-state index is 1.00. The minimum atomic E-state index is 1.00. The second-order valence-electron chi connectivity index (χ2n) is 3.69. The molecule has 0 aliphatic rings. The van der Waals surface area contributed by atoms with Gasteiger partial charge in [-0.05, 0) is 48.7 Å². The van der Waals surface area contributed by atoms with Gasteiger partial charge in [0.25, 0.3) is 0 Å². The Balaban J connectivity index is 2.10. The molecule has 1 aromatic carbocycles. The number of nitrogens with zero attached hydrogens (tertiary/aromatic N) is 2. The van der Waals surface area contributed by atoms with E-state index in [0.29, 0.717) is 0 Å². The summed E-state index contributed by atoms with van der Waals surface area (Å²) < 4.78 is 1.23. The van der Waals surface area contributed by atoms with E-state index in [1.807, 2.05) is 19.2 Å². The third-order valence-corrected chi connectivity index (χ3v) is 4.35. The van der Waals surface area contributed by atoms with Crippen molar-refractivity contribution in [1.29, 1.82) is 0 Å². The van der Waals surface area contributed by atoms with Crippen LogP contribution in [0.3, 0.4) is 0 Å². The maximum Gasteiger partial charge on any atom is 0.148 e. The molecule has 1 heterocycles. The van der Waals surface area contributed by atoms with E-state index in [-0.39, 0.29) is 0 Å². The van der Waals surface area contributed by atoms with Gasteiger partial charge >= 0.3 is 0 Å². The van der Waals surface area contributed by atoms with E-state index in [2.05, 4.69) is 50.2 Å². The van der Waals surface area contributed by atoms with Crippen LogP contribution in [0.2, 0.25) is 0 Å². The second-order valence-corrected chi connectivity index (χ2v) is 5.91. The van der Waals surface area contributed by atoms with Crippen LogP contribution < -0.4 is 5.32 Å². The lowest BCUT2D eigenvalue weighted by molar-refractivity contribution is 0.718. The van der Waals surface area contributed by atoms with E-state index in [1.54, 1.807) is 11.3 Å². The summed E-state index contributed by atoms with van der Waals surface area (Å²) in [4.78, 5) is 0. The summed E-state index contributed by atoms with van der Waals surface area (Å²) in [5.74, 6) is 0. The molecule has 0 bridgehead atoms. The molecular formula is C12H14IN3S. The van der Waals surface area contributed by atoms with Gasteiger partial charge in [-0.1, -0.05) is 29.5 Å². The van der Waals surface area contributed by atoms with Gasteiger partial charge in [-0.25, -0.2) is 0 Å². The average molecular weight is 359 g/mol. The van der Waals surface area contributed by atoms with Crippen molar-refractivity contribution >= 4 is 33.9 Å². The number of nitrogens with one attached hydrogen (secondary N) is 1. The molecule has 0 saturated carbocycles. The second kappa shape index (κ2) is 6.42. The van der Waals surface area contributed by atoms with Crippen LogP contribution in [0.4, 0.5) is 0 Å². The van der Waals surface area contributed by atoms with Crippen LogP contribution in [0.5, 0.6) is 0 Å². The lowest BCUT2D eigenvalue weighted by Crippen LogP contribution is -2.08. The van der Waals surface area contributed by atoms with Gasteiger partial charge in [0.05, 0.1) is 0 Å². The number of aryl methyl sites for hydroxylation is 1. The SMILES string of the molecule is CNCCCc1nnc(-c2ccccc2I)s1. The molecule has 1 aromatic heterocycles. The van der Waals surface area contributed by atoms with Crippen LogP contribution in [0.1, 0.15) is 11.4 Å². The van der Waals surface area contributed by atoms with Gasteiger partial charge in [0.15, 0.2) is 0 Å². The maximum absolute atomic E-state index is 4.27. The molecule has 0 saturated heterocycles. The highest BCUT2D eigenvalue weighted by atomic mass is 127. The van der Waals surface area contributed by atoms with Gasteiger partial charge in [0.2, 0.25) is 0 Å². The molecule has 1 N–H and O–H groups in total. The Labute approximate surface area is 119 Å². The van der Waals surface area contributed by atoms with Crippen LogP contribution in [-0.4, -0.2) is 23.8 Å². The van der Waals surface area contributed by atoms with Gasteiger partial charge in [0, 0.05) is 15.6 Å². The molecule has 0 atom stereocenters. The number of halogens is 1. The summed E-state index contributed by atoms with van der Waals surface area (Å²) in [5, 5.41) is 13.8. The normalized spacial score (nSPS) is 10.7. The van der Waals surface area contributed by atoms with Gasteiger partial charge in [-0.2, -0.15) is 0 Å². The summed E-state index contributed by atoms with van der Waals surface area (Å²) >= 11 is 4.03. The fraction of sp³-hybridized carbons (Fsp3) is 0.333. The number of hydrogen-bond donors (Lipinski definition) is 1. The van der Waals surface area contributed by atoms with Crippen molar-refractivity contribution in [3.63, 3.8) is 0 Å². The van der Waals surface area contributed by atoms with E-state index in [1.165, 1.54) is 9.13 Å². The summed E-state index contributed by atoms with van der Waals surface area (Å²) in [7, 11) is 1.97. The lowest BCUT2D eigenvalue weighted by atomic mass is 10.2. The van der Waals surface area contributed by atoms with Gasteiger partial charge in [-0.3, -0.25) is 0 Å². The summed E-state index contributed by atoms with van der Waals surface area (Å²) in [6, 6.07) is 8.28. The van der Waals surface area contributed by atoms with E-state index in [4.69, 9.17) is 0 Å². The Morgan fingerprint density at radius 1 is 1.29 bits per heavy atom. The molecule has 2 rings (SSSR count). The topological polar surface area (TPSA) is 37.8 Å². The first-order chi connectivity index (χ1) is 8.31. The Morgan fingerprint density at radius 3 is 2.88 bits per heavy atom. The minimum Gasteiger partial charge on any atom is -0.320 e. The largest absolute Gasteiger partial charge is 0.320 e. The predicted molar refractivity (Wildman–Crippen MR) is 80.3 cm³/mol. The smallest absolute Gasteiger partial charge is 0.148 e. The van der Waals surface area contributed by atoms with Crippen molar-refractivity contribution in [3.8, 4) is 10.6 Å². The molecule has 0 amide bonds. The van der Waals surface area contributed by atoms with Crippen molar-refractivity contribution in [3.05, 3.63) is 32.8 Å². The summed E-state index contributed by atoms with van der Waals surface area (Å²) in [6.07, 6.45) is 2.11. The highest BCUT2D eigenvalue weighted by Gasteiger charge is 2.08. The van der Waals surface area contributed by atoms with E-state index >= 15 is 0 Å². The molecule has 0 aliphatic heterocycles. The fourth-order valence-electron chi connectivity index (χ4n) is 1.51. The molecule has 90 valence electrons. The Bertz CT molecular complexity index is 484. The van der Waals surface area contributed by atoms with Crippen LogP contribution in [0.15, 0.2) is 24.3 Å². The molecule has 17 heavy (non-hydrogen) atoms. The number of benzene rings is 1. The fourth-order valence-corrected chi connectivity index (χ4v) is 3.26. The van der Waals surface area contributed by atoms with Gasteiger partial charge in [-0.15, -0.1) is 10.2 Å². The third-order valence-electron chi connectivity index (χ3n) is 2.39. The number of aromatic nitrogens is 2. The van der Waals surface area contributed by atoms with E-state index in [0.717, 1.165) is 29.4 Å². The maximum atomic E-state index is 4.27. The van der Waals surface area contributed by atoms with Gasteiger partial charge < -0.3 is 5.32 Å². The number of hydrogen-bond acceptors (Lipinski definition) is 4. The molecule has 0 aliphatic carbocycles. The van der Waals surface area contributed by atoms with Crippen molar-refractivity contribution in [2.24, 2.45) is 0 Å². The van der Waals surface area contributed by atoms with E-state index < -0.39 is 0 Å². The monoisotopic (exact) mass is 359 g/mol. The van der Waals surface area contributed by atoms with Gasteiger partial charge in [0.1, 0.15) is 10.0 Å². The standard InChI is InChI=1S/C12H14IN3S/c1-14-8-4-7-11-15-16-12(17-11)9-5-2-3-6-10(9)13/h2-3,5-6,14H,4,7-8H2,1H3. The number of rotatable bonds is 5. The Kier molecular flexibility index (Phi) is 4.87. The summed E-state index contributed by atoms with van der Waals surface area (Å²) in [5.41, 5.74) is 1.19. The quantitative estimate of drug-likeness (QED) is 0.659. The highest BCUT2D eigenvalue weighted by Crippen LogP contribution is 2.27. The molecular weight excluding hydrogens is 345 g/mol. The van der Waals surface area contributed by atoms with Crippen molar-refractivity contribution < 1.29 is 0 Å². The van der Waals surface area contributed by atoms with Crippen LogP contribution in [0, 0.1) is 3.57 Å². The first-order valence-corrected chi connectivity index (χ1v) is 7.42. The molecule has 2 aromatic rings. The first-order valence-electron chi connectivity index (χ1n) is 5.53. The molecule has 0 fully saturated rings. The first kappa shape index (κ1) is 12.9. The zero-order chi connectivity index (χ0) is 12.1. The molecule has 0 radical (unpaired) electrons. The zero-order valence-corrected chi connectivity index (χ0v) is 12.6. The van der Waals surface area contributed by atoms with Crippen molar-refractivity contribution in [2.45, 2.75) is 12.8 Å². The van der Waals surface area contributed by atoms with Crippen LogP contribution in [0.25, 0.3) is 10.6 Å². The van der Waals surface area contributed by atoms with Crippen LogP contribution in [-0.2, 0) is 6.42 Å². The lowest BCUT2D eigenvalue weighted by Gasteiger charge is -1.97. The predicted octanol–water partition coefficient (Wildman–Crippen LogP) is 2.96. The average Bonchev–Trinajstić information content (AvgIpc) is 2.79. The van der Waals surface area contributed by atoms with Crippen molar-refractivity contribution in [1.82, 2.24) is 15.5 Å². The van der Waals surface area contributed by atoms with Crippen LogP contribution >= 0.6 is 33.9 Å². The third kappa shape index (κ3) is 3.46. The highest BCUT2D eigenvalue weighted by molar-refractivity contribution is 14.1. The molecule has 0 unspecified atom stereocenters. The summed E-state index contributed by atoms with van der Waals surface area (Å²) in [6.45, 7) is 1.03. The Morgan fingerprint density at radius 2 is 2.12 bits per heavy atom. The molecule has 3 nitrogen and oxygen atoms in total. The van der Waals surface area contributed by atoms with Crippen molar-refractivity contribution in [2.75, 3.05) is 13.6 Å².